The number of likely N-dealkylation sites (tertiary alicyclic amines) is 1. The van der Waals surface area contributed by atoms with Gasteiger partial charge in [-0.25, -0.2) is 8.42 Å². The summed E-state index contributed by atoms with van der Waals surface area (Å²) in [6, 6.07) is 3.85. The van der Waals surface area contributed by atoms with Crippen LogP contribution in [0.2, 0.25) is 0 Å². The largest absolute Gasteiger partial charge is 0.341 e. The Bertz CT molecular complexity index is 827. The van der Waals surface area contributed by atoms with Crippen molar-refractivity contribution >= 4 is 15.9 Å². The first-order valence-corrected chi connectivity index (χ1v) is 12.1. The van der Waals surface area contributed by atoms with Gasteiger partial charge in [-0.1, -0.05) is 31.5 Å². The second kappa shape index (κ2) is 8.74. The second-order valence-corrected chi connectivity index (χ2v) is 11.0. The number of carbonyl (C=O) groups excluding carboxylic acids is 1. The lowest BCUT2D eigenvalue weighted by molar-refractivity contribution is -0.135. The molecular weight excluding hydrogens is 386 g/mol. The second-order valence-electron chi connectivity index (χ2n) is 9.15. The van der Waals surface area contributed by atoms with Crippen LogP contribution in [0.4, 0.5) is 0 Å². The Hall–Kier alpha value is -1.44. The van der Waals surface area contributed by atoms with Gasteiger partial charge in [0.15, 0.2) is 0 Å². The van der Waals surface area contributed by atoms with E-state index >= 15 is 0 Å². The predicted molar refractivity (Wildman–Crippen MR) is 115 cm³/mol. The highest BCUT2D eigenvalue weighted by Gasteiger charge is 2.32. The van der Waals surface area contributed by atoms with Gasteiger partial charge in [-0.15, -0.1) is 0 Å². The molecule has 2 heterocycles. The van der Waals surface area contributed by atoms with E-state index in [1.54, 1.807) is 4.31 Å². The predicted octanol–water partition coefficient (Wildman–Crippen LogP) is 2.42. The van der Waals surface area contributed by atoms with E-state index in [0.29, 0.717) is 49.5 Å². The Morgan fingerprint density at radius 2 is 1.48 bits per heavy atom. The summed E-state index contributed by atoms with van der Waals surface area (Å²) in [5.41, 5.74) is 2.67. The number of hydrogen-bond acceptors (Lipinski definition) is 4. The molecule has 6 nitrogen and oxygen atoms in total. The molecule has 1 aromatic rings. The molecule has 7 heteroatoms. The van der Waals surface area contributed by atoms with Crippen LogP contribution in [-0.2, 0) is 14.8 Å². The SMILES string of the molecule is Cc1cc(C)c(S(=O)(=O)N2CCN(CC(=O)N3CC(C)CC(C)C3)CC2)c(C)c1. The van der Waals surface area contributed by atoms with Crippen molar-refractivity contribution in [3.63, 3.8) is 0 Å². The molecule has 2 unspecified atom stereocenters. The first-order chi connectivity index (χ1) is 13.6. The maximum atomic E-state index is 13.2. The molecule has 3 rings (SSSR count). The molecule has 2 aliphatic rings. The Kier molecular flexibility index (Phi) is 6.70. The smallest absolute Gasteiger partial charge is 0.243 e. The fourth-order valence-electron chi connectivity index (χ4n) is 4.99. The number of piperidine rings is 1. The first-order valence-electron chi connectivity index (χ1n) is 10.7. The third kappa shape index (κ3) is 5.01. The molecule has 2 aliphatic heterocycles. The Morgan fingerprint density at radius 3 is 2.00 bits per heavy atom. The van der Waals surface area contributed by atoms with Crippen LogP contribution in [0.1, 0.15) is 37.0 Å². The van der Waals surface area contributed by atoms with Crippen molar-refractivity contribution in [2.75, 3.05) is 45.8 Å². The molecule has 2 fully saturated rings. The van der Waals surface area contributed by atoms with Crippen molar-refractivity contribution in [3.05, 3.63) is 28.8 Å². The van der Waals surface area contributed by atoms with Crippen LogP contribution in [0.3, 0.4) is 0 Å². The van der Waals surface area contributed by atoms with Crippen molar-refractivity contribution in [1.29, 1.82) is 0 Å². The lowest BCUT2D eigenvalue weighted by Gasteiger charge is -2.38. The molecule has 0 bridgehead atoms. The van der Waals surface area contributed by atoms with Crippen molar-refractivity contribution in [1.82, 2.24) is 14.1 Å². The van der Waals surface area contributed by atoms with E-state index in [1.165, 1.54) is 6.42 Å². The van der Waals surface area contributed by atoms with Gasteiger partial charge < -0.3 is 4.90 Å². The zero-order chi connectivity index (χ0) is 21.3. The number of aryl methyl sites for hydroxylation is 3. The molecule has 0 saturated carbocycles. The number of nitrogens with zero attached hydrogens (tertiary/aromatic N) is 3. The summed E-state index contributed by atoms with van der Waals surface area (Å²) in [6.07, 6.45) is 1.18. The highest BCUT2D eigenvalue weighted by atomic mass is 32.2. The lowest BCUT2D eigenvalue weighted by atomic mass is 9.92. The summed E-state index contributed by atoms with van der Waals surface area (Å²) >= 11 is 0. The molecule has 0 N–H and O–H groups in total. The molecule has 1 aromatic carbocycles. The van der Waals surface area contributed by atoms with Gasteiger partial charge in [0.2, 0.25) is 15.9 Å². The number of piperazine rings is 1. The van der Waals surface area contributed by atoms with Crippen LogP contribution < -0.4 is 0 Å². The molecule has 0 aliphatic carbocycles. The van der Waals surface area contributed by atoms with Crippen molar-refractivity contribution < 1.29 is 13.2 Å². The average molecular weight is 422 g/mol. The summed E-state index contributed by atoms with van der Waals surface area (Å²) in [5, 5.41) is 0. The first kappa shape index (κ1) is 22.2. The number of rotatable bonds is 4. The molecule has 0 radical (unpaired) electrons. The summed E-state index contributed by atoms with van der Waals surface area (Å²) in [5.74, 6) is 1.27. The zero-order valence-electron chi connectivity index (χ0n) is 18.4. The van der Waals surface area contributed by atoms with Gasteiger partial charge in [0.1, 0.15) is 0 Å². The minimum atomic E-state index is -3.52. The third-order valence-electron chi connectivity index (χ3n) is 6.11. The molecule has 162 valence electrons. The van der Waals surface area contributed by atoms with Gasteiger partial charge >= 0.3 is 0 Å². The molecule has 29 heavy (non-hydrogen) atoms. The fraction of sp³-hybridized carbons (Fsp3) is 0.682. The summed E-state index contributed by atoms with van der Waals surface area (Å²) in [6.45, 7) is 14.2. The quantitative estimate of drug-likeness (QED) is 0.749. The van der Waals surface area contributed by atoms with Gasteiger partial charge in [0, 0.05) is 39.3 Å². The van der Waals surface area contributed by atoms with Gasteiger partial charge in [-0.3, -0.25) is 9.69 Å². The molecule has 2 saturated heterocycles. The maximum Gasteiger partial charge on any atom is 0.243 e. The van der Waals surface area contributed by atoms with Gasteiger partial charge in [0.25, 0.3) is 0 Å². The molecular formula is C22H35N3O3S. The van der Waals surface area contributed by atoms with E-state index in [1.807, 2.05) is 37.8 Å². The van der Waals surface area contributed by atoms with E-state index in [4.69, 9.17) is 0 Å². The van der Waals surface area contributed by atoms with E-state index < -0.39 is 10.0 Å². The number of sulfonamides is 1. The zero-order valence-corrected chi connectivity index (χ0v) is 19.3. The van der Waals surface area contributed by atoms with E-state index in [2.05, 4.69) is 18.7 Å². The molecule has 1 amide bonds. The maximum absolute atomic E-state index is 13.2. The Morgan fingerprint density at radius 1 is 0.966 bits per heavy atom. The van der Waals surface area contributed by atoms with Gasteiger partial charge in [-0.2, -0.15) is 4.31 Å². The van der Waals surface area contributed by atoms with E-state index in [-0.39, 0.29) is 5.91 Å². The lowest BCUT2D eigenvalue weighted by Crippen LogP contribution is -2.53. The van der Waals surface area contributed by atoms with Gasteiger partial charge in [-0.05, 0) is 50.2 Å². The van der Waals surface area contributed by atoms with Crippen LogP contribution in [0.15, 0.2) is 17.0 Å². The summed E-state index contributed by atoms with van der Waals surface area (Å²) in [7, 11) is -3.52. The van der Waals surface area contributed by atoms with Crippen molar-refractivity contribution in [2.24, 2.45) is 11.8 Å². The minimum Gasteiger partial charge on any atom is -0.341 e. The third-order valence-corrected chi connectivity index (χ3v) is 8.32. The number of amides is 1. The summed E-state index contributed by atoms with van der Waals surface area (Å²) in [4.78, 5) is 17.2. The molecule has 0 aromatic heterocycles. The Balaban J connectivity index is 1.61. The Labute approximate surface area is 175 Å². The van der Waals surface area contributed by atoms with Crippen LogP contribution in [-0.4, -0.2) is 74.2 Å². The number of carbonyl (C=O) groups is 1. The van der Waals surface area contributed by atoms with Gasteiger partial charge in [0.05, 0.1) is 11.4 Å². The standard InChI is InChI=1S/C22H35N3O3S/c1-16-11-19(4)22(20(5)12-16)29(27,28)25-8-6-23(7-9-25)15-21(26)24-13-17(2)10-18(3)14-24/h11-12,17-18H,6-10,13-15H2,1-5H3. The average Bonchev–Trinajstić information content (AvgIpc) is 2.60. The van der Waals surface area contributed by atoms with E-state index in [9.17, 15) is 13.2 Å². The van der Waals surface area contributed by atoms with E-state index in [0.717, 1.165) is 29.8 Å². The molecule has 2 atom stereocenters. The van der Waals surface area contributed by atoms with Crippen LogP contribution in [0.25, 0.3) is 0 Å². The number of hydrogen-bond donors (Lipinski definition) is 0. The monoisotopic (exact) mass is 421 g/mol. The highest BCUT2D eigenvalue weighted by Crippen LogP contribution is 2.26. The topological polar surface area (TPSA) is 60.9 Å². The fourth-order valence-corrected chi connectivity index (χ4v) is 6.82. The molecule has 0 spiro atoms. The van der Waals surface area contributed by atoms with Crippen molar-refractivity contribution in [3.8, 4) is 0 Å². The van der Waals surface area contributed by atoms with Crippen LogP contribution in [0, 0.1) is 32.6 Å². The van der Waals surface area contributed by atoms with Crippen molar-refractivity contribution in [2.45, 2.75) is 45.9 Å². The normalized spacial score (nSPS) is 24.7. The summed E-state index contributed by atoms with van der Waals surface area (Å²) < 4.78 is 28.0. The highest BCUT2D eigenvalue weighted by molar-refractivity contribution is 7.89. The number of benzene rings is 1. The minimum absolute atomic E-state index is 0.171. The van der Waals surface area contributed by atoms with Crippen LogP contribution in [0.5, 0.6) is 0 Å². The van der Waals surface area contributed by atoms with Crippen LogP contribution >= 0.6 is 0 Å².